The predicted molar refractivity (Wildman–Crippen MR) is 71.9 cm³/mol. The van der Waals surface area contributed by atoms with E-state index in [9.17, 15) is 23.5 Å². The number of carbonyl (C=O) groups is 2. The fraction of sp³-hybridized carbons (Fsp3) is 0.429. The monoisotopic (exact) mass is 314 g/mol. The number of carbonyl (C=O) groups excluding carboxylic acids is 2. The van der Waals surface area contributed by atoms with Crippen LogP contribution in [0.3, 0.4) is 0 Å². The van der Waals surface area contributed by atoms with E-state index < -0.39 is 36.1 Å². The first-order valence-corrected chi connectivity index (χ1v) is 6.71. The van der Waals surface area contributed by atoms with Crippen LogP contribution in [0, 0.1) is 5.92 Å². The molecule has 0 aromatic heterocycles. The Kier molecular flexibility index (Phi) is 4.60. The van der Waals surface area contributed by atoms with Crippen LogP contribution in [-0.4, -0.2) is 35.9 Å². The summed E-state index contributed by atoms with van der Waals surface area (Å²) in [5.41, 5.74) is -2.59. The number of halogens is 2. The topological polar surface area (TPSA) is 87.7 Å². The molecule has 1 aromatic rings. The molecule has 120 valence electrons. The lowest BCUT2D eigenvalue weighted by Gasteiger charge is -2.43. The first-order chi connectivity index (χ1) is 10.4. The normalized spacial score (nSPS) is 28.0. The van der Waals surface area contributed by atoms with E-state index in [1.165, 1.54) is 6.92 Å². The van der Waals surface area contributed by atoms with E-state index in [0.29, 0.717) is 5.56 Å². The smallest absolute Gasteiger partial charge is 0.317 e. The molecule has 1 aliphatic heterocycles. The van der Waals surface area contributed by atoms with Gasteiger partial charge in [0.2, 0.25) is 5.72 Å². The van der Waals surface area contributed by atoms with E-state index in [2.05, 4.69) is 5.32 Å². The number of amides is 2. The fourth-order valence-electron chi connectivity index (χ4n) is 2.45. The molecular formula is C14H16F2N2O4. The van der Waals surface area contributed by atoms with Gasteiger partial charge in [-0.25, -0.2) is 13.6 Å². The number of aliphatic hydroxyl groups is 1. The second-order valence-electron chi connectivity index (χ2n) is 4.84. The molecule has 1 aliphatic rings. The van der Waals surface area contributed by atoms with Gasteiger partial charge in [0, 0.05) is 0 Å². The van der Waals surface area contributed by atoms with Crippen molar-refractivity contribution in [2.75, 3.05) is 6.61 Å². The number of alkyl halides is 2. The first kappa shape index (κ1) is 16.2. The Bertz CT molecular complexity index is 555. The van der Waals surface area contributed by atoms with Crippen molar-refractivity contribution < 1.29 is 28.2 Å². The SMILES string of the molecule is CCOC(=O)[C@@H]1[C@H](c2ccccc2)NC(=O)N[C@@]1(O)C(F)F. The van der Waals surface area contributed by atoms with Gasteiger partial charge in [-0.15, -0.1) is 0 Å². The second-order valence-corrected chi connectivity index (χ2v) is 4.84. The summed E-state index contributed by atoms with van der Waals surface area (Å²) in [6.07, 6.45) is -3.36. The lowest BCUT2D eigenvalue weighted by molar-refractivity contribution is -0.189. The number of urea groups is 1. The van der Waals surface area contributed by atoms with Gasteiger partial charge in [-0.1, -0.05) is 30.3 Å². The highest BCUT2D eigenvalue weighted by atomic mass is 19.3. The Balaban J connectivity index is 2.48. The third kappa shape index (κ3) is 2.87. The predicted octanol–water partition coefficient (Wildman–Crippen LogP) is 1.17. The van der Waals surface area contributed by atoms with Crippen LogP contribution in [0.1, 0.15) is 18.5 Å². The minimum atomic E-state index is -3.36. The molecule has 0 saturated carbocycles. The van der Waals surface area contributed by atoms with Gasteiger partial charge < -0.3 is 20.5 Å². The Morgan fingerprint density at radius 3 is 2.59 bits per heavy atom. The maximum absolute atomic E-state index is 13.3. The number of rotatable bonds is 4. The summed E-state index contributed by atoms with van der Waals surface area (Å²) in [7, 11) is 0. The molecule has 6 nitrogen and oxygen atoms in total. The van der Waals surface area contributed by atoms with Crippen molar-refractivity contribution in [1.29, 1.82) is 0 Å². The van der Waals surface area contributed by atoms with E-state index in [0.717, 1.165) is 0 Å². The molecule has 3 atom stereocenters. The van der Waals surface area contributed by atoms with Crippen molar-refractivity contribution in [1.82, 2.24) is 10.6 Å². The molecule has 0 unspecified atom stereocenters. The van der Waals surface area contributed by atoms with Gasteiger partial charge >= 0.3 is 12.0 Å². The molecule has 1 heterocycles. The molecule has 1 fully saturated rings. The van der Waals surface area contributed by atoms with Crippen molar-refractivity contribution in [3.8, 4) is 0 Å². The van der Waals surface area contributed by atoms with Crippen molar-refractivity contribution in [2.24, 2.45) is 5.92 Å². The molecule has 8 heteroatoms. The number of esters is 1. The van der Waals surface area contributed by atoms with Gasteiger partial charge in [-0.3, -0.25) is 4.79 Å². The highest BCUT2D eigenvalue weighted by Crippen LogP contribution is 2.37. The van der Waals surface area contributed by atoms with Gasteiger partial charge in [0.05, 0.1) is 12.6 Å². The minimum Gasteiger partial charge on any atom is -0.466 e. The molecule has 2 amide bonds. The van der Waals surface area contributed by atoms with Gasteiger partial charge in [-0.05, 0) is 12.5 Å². The van der Waals surface area contributed by atoms with Crippen LogP contribution >= 0.6 is 0 Å². The summed E-state index contributed by atoms with van der Waals surface area (Å²) in [6, 6.07) is 5.97. The molecule has 3 N–H and O–H groups in total. The Morgan fingerprint density at radius 2 is 2.05 bits per heavy atom. The zero-order valence-corrected chi connectivity index (χ0v) is 11.8. The van der Waals surface area contributed by atoms with Crippen LogP contribution in [0.5, 0.6) is 0 Å². The number of ether oxygens (including phenoxy) is 1. The summed E-state index contributed by atoms with van der Waals surface area (Å²) >= 11 is 0. The Hall–Kier alpha value is -2.22. The zero-order chi connectivity index (χ0) is 16.3. The largest absolute Gasteiger partial charge is 0.466 e. The van der Waals surface area contributed by atoms with E-state index >= 15 is 0 Å². The summed E-state index contributed by atoms with van der Waals surface area (Å²) in [4.78, 5) is 23.7. The molecule has 0 aliphatic carbocycles. The van der Waals surface area contributed by atoms with Crippen LogP contribution in [-0.2, 0) is 9.53 Å². The lowest BCUT2D eigenvalue weighted by atomic mass is 9.82. The Morgan fingerprint density at radius 1 is 1.41 bits per heavy atom. The van der Waals surface area contributed by atoms with Crippen molar-refractivity contribution in [3.63, 3.8) is 0 Å². The summed E-state index contributed by atoms with van der Waals surface area (Å²) < 4.78 is 31.4. The van der Waals surface area contributed by atoms with E-state index in [1.807, 2.05) is 0 Å². The molecule has 22 heavy (non-hydrogen) atoms. The molecule has 0 bridgehead atoms. The van der Waals surface area contributed by atoms with E-state index in [4.69, 9.17) is 4.74 Å². The summed E-state index contributed by atoms with van der Waals surface area (Å²) in [5.74, 6) is -2.71. The average molecular weight is 314 g/mol. The van der Waals surface area contributed by atoms with Crippen LogP contribution in [0.15, 0.2) is 30.3 Å². The fourth-order valence-corrected chi connectivity index (χ4v) is 2.45. The van der Waals surface area contributed by atoms with Gasteiger partial charge in [0.1, 0.15) is 5.92 Å². The summed E-state index contributed by atoms with van der Waals surface area (Å²) in [6.45, 7) is 1.48. The first-order valence-electron chi connectivity index (χ1n) is 6.71. The van der Waals surface area contributed by atoms with Crippen molar-refractivity contribution in [2.45, 2.75) is 25.1 Å². The van der Waals surface area contributed by atoms with E-state index in [1.54, 1.807) is 35.6 Å². The molecule has 1 aromatic carbocycles. The maximum Gasteiger partial charge on any atom is 0.317 e. The number of hydrogen-bond donors (Lipinski definition) is 3. The van der Waals surface area contributed by atoms with Crippen molar-refractivity contribution in [3.05, 3.63) is 35.9 Å². The number of hydrogen-bond acceptors (Lipinski definition) is 4. The molecule has 0 spiro atoms. The minimum absolute atomic E-state index is 0.0376. The highest BCUT2D eigenvalue weighted by Gasteiger charge is 2.58. The molecular weight excluding hydrogens is 298 g/mol. The third-order valence-corrected chi connectivity index (χ3v) is 3.44. The third-order valence-electron chi connectivity index (χ3n) is 3.44. The van der Waals surface area contributed by atoms with Crippen molar-refractivity contribution >= 4 is 12.0 Å². The van der Waals surface area contributed by atoms with Crippen LogP contribution in [0.25, 0.3) is 0 Å². The van der Waals surface area contributed by atoms with E-state index in [-0.39, 0.29) is 6.61 Å². The number of nitrogens with one attached hydrogen (secondary N) is 2. The standard InChI is InChI=1S/C14H16F2N2O4/c1-2-22-11(19)9-10(8-6-4-3-5-7-8)17-13(20)18-14(9,21)12(15)16/h3-7,9-10,12,21H,2H2,1H3,(H2,17,18,20)/t9-,10-,14-/m0/s1. The lowest BCUT2D eigenvalue weighted by Crippen LogP contribution is -2.70. The quantitative estimate of drug-likeness (QED) is 0.728. The summed E-state index contributed by atoms with van der Waals surface area (Å²) in [5, 5.41) is 14.3. The van der Waals surface area contributed by atoms with Crippen LogP contribution < -0.4 is 10.6 Å². The molecule has 2 rings (SSSR count). The Labute approximate surface area is 125 Å². The van der Waals surface area contributed by atoms with Gasteiger partial charge in [-0.2, -0.15) is 0 Å². The maximum atomic E-state index is 13.3. The number of benzene rings is 1. The zero-order valence-electron chi connectivity index (χ0n) is 11.8. The van der Waals surface area contributed by atoms with Gasteiger partial charge in [0.15, 0.2) is 0 Å². The highest BCUT2D eigenvalue weighted by molar-refractivity contribution is 5.83. The van der Waals surface area contributed by atoms with Gasteiger partial charge in [0.25, 0.3) is 6.43 Å². The van der Waals surface area contributed by atoms with Crippen LogP contribution in [0.2, 0.25) is 0 Å². The molecule has 0 radical (unpaired) electrons. The second kappa shape index (κ2) is 6.27. The molecule has 1 saturated heterocycles. The van der Waals surface area contributed by atoms with Crippen LogP contribution in [0.4, 0.5) is 13.6 Å². The average Bonchev–Trinajstić information content (AvgIpc) is 2.47.